The molecule has 1 rings (SSSR count). The second-order valence-electron chi connectivity index (χ2n) is 3.35. The lowest BCUT2D eigenvalue weighted by atomic mass is 9.98. The van der Waals surface area contributed by atoms with Gasteiger partial charge in [-0.05, 0) is 18.8 Å². The molecule has 0 aliphatic rings. The van der Waals surface area contributed by atoms with Crippen molar-refractivity contribution < 1.29 is 0 Å². The van der Waals surface area contributed by atoms with Crippen molar-refractivity contribution in [1.82, 2.24) is 4.98 Å². The molecule has 15 heavy (non-hydrogen) atoms. The van der Waals surface area contributed by atoms with Gasteiger partial charge in [-0.1, -0.05) is 40.5 Å². The summed E-state index contributed by atoms with van der Waals surface area (Å²) in [5.41, 5.74) is 5.61. The van der Waals surface area contributed by atoms with E-state index in [4.69, 9.17) is 5.73 Å². The number of rotatable bonds is 5. The van der Waals surface area contributed by atoms with Crippen LogP contribution in [0.15, 0.2) is 6.20 Å². The summed E-state index contributed by atoms with van der Waals surface area (Å²) in [6.45, 7) is 8.46. The van der Waals surface area contributed by atoms with E-state index in [2.05, 4.69) is 18.8 Å². The molecule has 2 nitrogen and oxygen atoms in total. The molecule has 0 aromatic carbocycles. The van der Waals surface area contributed by atoms with Gasteiger partial charge in [0.1, 0.15) is 0 Å². The fourth-order valence-corrected chi connectivity index (χ4v) is 2.39. The molecule has 0 fully saturated rings. The Morgan fingerprint density at radius 1 is 1.40 bits per heavy atom. The second-order valence-corrected chi connectivity index (χ2v) is 4.44. The number of anilines is 1. The highest BCUT2D eigenvalue weighted by atomic mass is 32.1. The maximum atomic E-state index is 5.61. The van der Waals surface area contributed by atoms with E-state index in [0.717, 1.165) is 0 Å². The van der Waals surface area contributed by atoms with Crippen molar-refractivity contribution in [3.05, 3.63) is 11.1 Å². The van der Waals surface area contributed by atoms with Gasteiger partial charge in [-0.3, -0.25) is 0 Å². The average Bonchev–Trinajstić information content (AvgIpc) is 2.69. The molecule has 0 radical (unpaired) electrons. The fraction of sp³-hybridized carbons (Fsp3) is 0.750. The summed E-state index contributed by atoms with van der Waals surface area (Å²) in [4.78, 5) is 5.44. The Kier molecular flexibility index (Phi) is 8.38. The van der Waals surface area contributed by atoms with Crippen LogP contribution >= 0.6 is 11.3 Å². The minimum absolute atomic E-state index is 0.676. The molecule has 0 aliphatic heterocycles. The summed E-state index contributed by atoms with van der Waals surface area (Å²) in [6.07, 6.45) is 6.97. The van der Waals surface area contributed by atoms with E-state index in [-0.39, 0.29) is 0 Å². The van der Waals surface area contributed by atoms with E-state index >= 15 is 0 Å². The monoisotopic (exact) mass is 228 g/mol. The average molecular weight is 228 g/mol. The summed E-state index contributed by atoms with van der Waals surface area (Å²) in [5.74, 6) is 0.676. The van der Waals surface area contributed by atoms with Crippen LogP contribution in [0.25, 0.3) is 0 Å². The number of nitrogen functional groups attached to an aromatic ring is 1. The Labute approximate surface area is 97.9 Å². The zero-order chi connectivity index (χ0) is 11.7. The molecule has 88 valence electrons. The molecule has 3 heteroatoms. The largest absolute Gasteiger partial charge is 0.375 e. The quantitative estimate of drug-likeness (QED) is 0.809. The van der Waals surface area contributed by atoms with Crippen molar-refractivity contribution in [1.29, 1.82) is 0 Å². The molecule has 0 amide bonds. The van der Waals surface area contributed by atoms with Gasteiger partial charge in [-0.2, -0.15) is 0 Å². The lowest BCUT2D eigenvalue weighted by Gasteiger charge is -2.10. The normalized spacial score (nSPS) is 11.7. The Morgan fingerprint density at radius 2 is 2.07 bits per heavy atom. The molecule has 0 spiro atoms. The molecule has 1 aromatic heterocycles. The van der Waals surface area contributed by atoms with E-state index in [9.17, 15) is 0 Å². The third kappa shape index (κ3) is 5.17. The molecule has 1 aromatic rings. The van der Waals surface area contributed by atoms with Crippen molar-refractivity contribution >= 4 is 16.5 Å². The predicted molar refractivity (Wildman–Crippen MR) is 70.4 cm³/mol. The number of aromatic nitrogens is 1. The van der Waals surface area contributed by atoms with Crippen LogP contribution in [-0.2, 0) is 0 Å². The molecule has 2 N–H and O–H groups in total. The third-order valence-electron chi connectivity index (χ3n) is 2.34. The molecule has 1 unspecified atom stereocenters. The first kappa shape index (κ1) is 14.4. The summed E-state index contributed by atoms with van der Waals surface area (Å²) in [6, 6.07) is 0. The van der Waals surface area contributed by atoms with Gasteiger partial charge >= 0.3 is 0 Å². The molecule has 1 heterocycles. The highest BCUT2D eigenvalue weighted by molar-refractivity contribution is 7.15. The van der Waals surface area contributed by atoms with Gasteiger partial charge < -0.3 is 5.73 Å². The highest BCUT2D eigenvalue weighted by Crippen LogP contribution is 2.30. The Morgan fingerprint density at radius 3 is 2.47 bits per heavy atom. The van der Waals surface area contributed by atoms with E-state index in [1.807, 2.05) is 20.0 Å². The Balaban J connectivity index is 0.000000921. The first-order valence-corrected chi connectivity index (χ1v) is 6.80. The van der Waals surface area contributed by atoms with E-state index in [1.54, 1.807) is 11.3 Å². The van der Waals surface area contributed by atoms with Gasteiger partial charge in [0.15, 0.2) is 5.13 Å². The Bertz CT molecular complexity index is 246. The second kappa shape index (κ2) is 8.72. The molecule has 0 saturated heterocycles. The van der Waals surface area contributed by atoms with Crippen LogP contribution in [0.1, 0.15) is 64.2 Å². The van der Waals surface area contributed by atoms with Crippen LogP contribution in [0.5, 0.6) is 0 Å². The van der Waals surface area contributed by atoms with Crippen LogP contribution in [0.3, 0.4) is 0 Å². The SMILES string of the molecule is CC.CCCCC(CC)c1cnc(N)s1. The lowest BCUT2D eigenvalue weighted by molar-refractivity contribution is 0.576. The van der Waals surface area contributed by atoms with Crippen LogP contribution in [0.2, 0.25) is 0 Å². The van der Waals surface area contributed by atoms with Crippen molar-refractivity contribution in [2.45, 2.75) is 59.3 Å². The zero-order valence-corrected chi connectivity index (χ0v) is 11.2. The standard InChI is InChI=1S/C10H18N2S.C2H6/c1-3-5-6-8(4-2)9-7-12-10(11)13-9;1-2/h7-8H,3-6H2,1-2H3,(H2,11,12);1-2H3. The third-order valence-corrected chi connectivity index (χ3v) is 3.33. The summed E-state index contributed by atoms with van der Waals surface area (Å²) in [7, 11) is 0. The summed E-state index contributed by atoms with van der Waals surface area (Å²) in [5, 5.41) is 0.699. The van der Waals surface area contributed by atoms with Crippen molar-refractivity contribution in [2.24, 2.45) is 0 Å². The minimum atomic E-state index is 0.676. The Hall–Kier alpha value is -0.570. The number of thiazole rings is 1. The maximum absolute atomic E-state index is 5.61. The number of nitrogens with zero attached hydrogens (tertiary/aromatic N) is 1. The molecule has 0 bridgehead atoms. The van der Waals surface area contributed by atoms with Gasteiger partial charge in [0.25, 0.3) is 0 Å². The van der Waals surface area contributed by atoms with Gasteiger partial charge in [0, 0.05) is 11.1 Å². The van der Waals surface area contributed by atoms with Crippen LogP contribution in [0, 0.1) is 0 Å². The van der Waals surface area contributed by atoms with E-state index in [0.29, 0.717) is 11.0 Å². The van der Waals surface area contributed by atoms with E-state index in [1.165, 1.54) is 30.6 Å². The molecular formula is C12H24N2S. The van der Waals surface area contributed by atoms with E-state index < -0.39 is 0 Å². The highest BCUT2D eigenvalue weighted by Gasteiger charge is 2.11. The van der Waals surface area contributed by atoms with Gasteiger partial charge in [-0.25, -0.2) is 4.98 Å². The summed E-state index contributed by atoms with van der Waals surface area (Å²) < 4.78 is 0. The first-order chi connectivity index (χ1) is 7.27. The van der Waals surface area contributed by atoms with Gasteiger partial charge in [-0.15, -0.1) is 11.3 Å². The smallest absolute Gasteiger partial charge is 0.180 e. The molecule has 0 saturated carbocycles. The van der Waals surface area contributed by atoms with Crippen LogP contribution in [-0.4, -0.2) is 4.98 Å². The topological polar surface area (TPSA) is 38.9 Å². The minimum Gasteiger partial charge on any atom is -0.375 e. The predicted octanol–water partition coefficient (Wildman–Crippen LogP) is 4.44. The van der Waals surface area contributed by atoms with Gasteiger partial charge in [0.2, 0.25) is 0 Å². The lowest BCUT2D eigenvalue weighted by Crippen LogP contribution is -1.93. The zero-order valence-electron chi connectivity index (χ0n) is 10.4. The summed E-state index contributed by atoms with van der Waals surface area (Å²) >= 11 is 1.64. The number of hydrogen-bond acceptors (Lipinski definition) is 3. The first-order valence-electron chi connectivity index (χ1n) is 5.99. The van der Waals surface area contributed by atoms with Crippen molar-refractivity contribution in [3.63, 3.8) is 0 Å². The number of unbranched alkanes of at least 4 members (excludes halogenated alkanes) is 1. The number of hydrogen-bond donors (Lipinski definition) is 1. The fourth-order valence-electron chi connectivity index (χ4n) is 1.49. The maximum Gasteiger partial charge on any atom is 0.180 e. The number of nitrogens with two attached hydrogens (primary N) is 1. The van der Waals surface area contributed by atoms with Crippen molar-refractivity contribution in [3.8, 4) is 0 Å². The molecular weight excluding hydrogens is 204 g/mol. The van der Waals surface area contributed by atoms with Crippen LogP contribution < -0.4 is 5.73 Å². The van der Waals surface area contributed by atoms with Gasteiger partial charge in [0.05, 0.1) is 0 Å². The molecule has 0 aliphatic carbocycles. The molecule has 1 atom stereocenters. The van der Waals surface area contributed by atoms with Crippen LogP contribution in [0.4, 0.5) is 5.13 Å². The van der Waals surface area contributed by atoms with Crippen molar-refractivity contribution in [2.75, 3.05) is 5.73 Å².